The van der Waals surface area contributed by atoms with Crippen molar-refractivity contribution in [1.82, 2.24) is 24.3 Å². The van der Waals surface area contributed by atoms with Crippen molar-refractivity contribution in [1.29, 1.82) is 0 Å². The first-order chi connectivity index (χ1) is 18.2. The number of carbonyl (C=O) groups is 3. The molecule has 2 aromatic heterocycles. The van der Waals surface area contributed by atoms with Gasteiger partial charge in [-0.25, -0.2) is 0 Å². The van der Waals surface area contributed by atoms with Crippen LogP contribution in [0.4, 0.5) is 10.9 Å². The number of thioether (sulfide) groups is 1. The topological polar surface area (TPSA) is 218 Å². The van der Waals surface area contributed by atoms with Crippen LogP contribution in [-0.2, 0) is 32.3 Å². The highest BCUT2D eigenvalue weighted by atomic mass is 32.2. The zero-order valence-electron chi connectivity index (χ0n) is 20.1. The van der Waals surface area contributed by atoms with Crippen molar-refractivity contribution in [2.45, 2.75) is 37.5 Å². The number of anilines is 2. The maximum absolute atomic E-state index is 13.1. The van der Waals surface area contributed by atoms with Gasteiger partial charge in [-0.15, -0.1) is 21.1 Å². The van der Waals surface area contributed by atoms with Crippen molar-refractivity contribution in [3.63, 3.8) is 0 Å². The van der Waals surface area contributed by atoms with Gasteiger partial charge >= 0.3 is 0 Å². The van der Waals surface area contributed by atoms with E-state index < -0.39 is 35.3 Å². The lowest BCUT2D eigenvalue weighted by Crippen LogP contribution is -2.71. The number of nitrogens with one attached hydrogen (secondary N) is 1. The number of oxime groups is 1. The number of carboxylic acid groups (broad SMARTS) is 1. The van der Waals surface area contributed by atoms with Gasteiger partial charge in [-0.2, -0.15) is 9.36 Å². The van der Waals surface area contributed by atoms with Gasteiger partial charge < -0.3 is 36.6 Å². The molecule has 15 nitrogen and oxygen atoms in total. The number of amides is 2. The predicted molar refractivity (Wildman–Crippen MR) is 135 cm³/mol. The van der Waals surface area contributed by atoms with Crippen molar-refractivity contribution in [3.05, 3.63) is 42.0 Å². The number of β-lactam (4-membered cyclic amide) rings is 1. The highest BCUT2D eigenvalue weighted by Crippen LogP contribution is 2.40. The van der Waals surface area contributed by atoms with Crippen molar-refractivity contribution in [3.8, 4) is 0 Å². The molecule has 0 radical (unpaired) electrons. The molecule has 0 bridgehead atoms. The quantitative estimate of drug-likeness (QED) is 0.0718. The molecule has 1 unspecified atom stereocenters. The minimum Gasteiger partial charge on any atom is -0.543 e. The maximum atomic E-state index is 13.1. The van der Waals surface area contributed by atoms with Crippen LogP contribution in [0, 0.1) is 0 Å². The number of hydrogen-bond donors (Lipinski definition) is 4. The number of aliphatic hydroxyl groups is 1. The van der Waals surface area contributed by atoms with Crippen LogP contribution >= 0.6 is 23.3 Å². The summed E-state index contributed by atoms with van der Waals surface area (Å²) in [5.74, 6) is -2.40. The Kier molecular flexibility index (Phi) is 7.98. The van der Waals surface area contributed by atoms with E-state index in [1.807, 2.05) is 0 Å². The number of fused-ring (bicyclic) bond motifs is 1. The van der Waals surface area contributed by atoms with Gasteiger partial charge in [-0.05, 0) is 13.0 Å². The summed E-state index contributed by atoms with van der Waals surface area (Å²) in [6.45, 7) is 5.38. The van der Waals surface area contributed by atoms with Crippen LogP contribution in [0.2, 0.25) is 0 Å². The Morgan fingerprint density at radius 2 is 2.26 bits per heavy atom. The molecule has 17 heteroatoms. The van der Waals surface area contributed by atoms with Gasteiger partial charge in [0.2, 0.25) is 11.5 Å². The molecule has 1 fully saturated rings. The van der Waals surface area contributed by atoms with Gasteiger partial charge in [0.25, 0.3) is 11.8 Å². The molecule has 0 spiro atoms. The van der Waals surface area contributed by atoms with E-state index in [0.717, 1.165) is 16.4 Å². The minimum atomic E-state index is -1.52. The first-order valence-corrected chi connectivity index (χ1v) is 13.1. The second-order valence-corrected chi connectivity index (χ2v) is 10.1. The number of rotatable bonds is 11. The van der Waals surface area contributed by atoms with Gasteiger partial charge in [0, 0.05) is 22.9 Å². The van der Waals surface area contributed by atoms with Gasteiger partial charge in [0.15, 0.2) is 23.7 Å². The Labute approximate surface area is 224 Å². The van der Waals surface area contributed by atoms with Crippen LogP contribution in [-0.4, -0.2) is 77.4 Å². The van der Waals surface area contributed by atoms with E-state index >= 15 is 0 Å². The Bertz CT molecular complexity index is 1340. The van der Waals surface area contributed by atoms with Crippen molar-refractivity contribution >= 4 is 57.7 Å². The fraction of sp³-hybridized carbons (Fsp3) is 0.381. The molecule has 4 rings (SSSR count). The van der Waals surface area contributed by atoms with E-state index in [1.165, 1.54) is 17.8 Å². The second-order valence-electron chi connectivity index (χ2n) is 8.23. The number of aliphatic hydroxyl groups excluding tert-OH is 1. The highest BCUT2D eigenvalue weighted by Gasteiger charge is 2.53. The second kappa shape index (κ2) is 11.2. The molecule has 0 aromatic carbocycles. The van der Waals surface area contributed by atoms with Crippen LogP contribution in [0.15, 0.2) is 41.3 Å². The molecule has 38 heavy (non-hydrogen) atoms. The fourth-order valence-electron chi connectivity index (χ4n) is 3.86. The van der Waals surface area contributed by atoms with E-state index in [0.29, 0.717) is 11.4 Å². The number of hydrogen-bond acceptors (Lipinski definition) is 13. The highest BCUT2D eigenvalue weighted by molar-refractivity contribution is 8.00. The molecule has 4 heterocycles. The molecule has 1 saturated heterocycles. The summed E-state index contributed by atoms with van der Waals surface area (Å²) in [6.07, 6.45) is 2.59. The molecule has 0 aliphatic carbocycles. The van der Waals surface area contributed by atoms with Crippen LogP contribution in [0.3, 0.4) is 0 Å². The number of carbonyl (C=O) groups excluding carboxylic acids is 3. The van der Waals surface area contributed by atoms with E-state index in [1.54, 1.807) is 28.6 Å². The van der Waals surface area contributed by atoms with Gasteiger partial charge in [-0.1, -0.05) is 11.7 Å². The summed E-state index contributed by atoms with van der Waals surface area (Å²) >= 11 is 2.13. The largest absolute Gasteiger partial charge is 0.543 e. The Hall–Kier alpha value is -3.96. The monoisotopic (exact) mass is 563 g/mol. The molecule has 2 amide bonds. The number of nitrogens with two attached hydrogens (primary N) is 2. The number of aromatic nitrogens is 4. The lowest BCUT2D eigenvalue weighted by molar-refractivity contribution is -0.767. The maximum Gasteiger partial charge on any atom is 0.278 e. The molecule has 3 atom stereocenters. The summed E-state index contributed by atoms with van der Waals surface area (Å²) in [5, 5.41) is 27.2. The summed E-state index contributed by atoms with van der Waals surface area (Å²) in [5.41, 5.74) is 11.4. The smallest absolute Gasteiger partial charge is 0.278 e. The number of aliphatic carboxylic acids is 1. The first-order valence-electron chi connectivity index (χ1n) is 11.3. The Morgan fingerprint density at radius 3 is 2.89 bits per heavy atom. The molecule has 6 N–H and O–H groups in total. The first kappa shape index (κ1) is 27.1. The third-order valence-electron chi connectivity index (χ3n) is 5.73. The standard InChI is InChI=1S/C21H25N9O6S2/c1-3-10(2)36-26-13(16-25-21(23)38-27-16)17(32)24-14-18(33)30-15(20(34)35)11(9-37-19(14)30)8-28-5-4-12(22)29(28)6-7-31/h3-5,10,14,19,22,31H,1,6-9H2,2H3,(H4,23,24,25,27,32,34,35)/t10?,14-,19-/m1/s1. The van der Waals surface area contributed by atoms with Crippen molar-refractivity contribution < 1.29 is 34.1 Å². The summed E-state index contributed by atoms with van der Waals surface area (Å²) < 4.78 is 7.22. The Morgan fingerprint density at radius 1 is 1.50 bits per heavy atom. The average Bonchev–Trinajstić information content (AvgIpc) is 3.47. The zero-order valence-corrected chi connectivity index (χ0v) is 21.8. The molecule has 202 valence electrons. The number of carboxylic acids is 1. The summed E-state index contributed by atoms with van der Waals surface area (Å²) in [6, 6.07) is 0.584. The van der Waals surface area contributed by atoms with Crippen LogP contribution in [0.25, 0.3) is 0 Å². The van der Waals surface area contributed by atoms with Crippen LogP contribution in [0.5, 0.6) is 0 Å². The zero-order chi connectivity index (χ0) is 27.6. The van der Waals surface area contributed by atoms with E-state index in [4.69, 9.17) is 16.3 Å². The van der Waals surface area contributed by atoms with Gasteiger partial charge in [0.05, 0.1) is 24.3 Å². The van der Waals surface area contributed by atoms with Gasteiger partial charge in [0.1, 0.15) is 24.1 Å². The van der Waals surface area contributed by atoms with Gasteiger partial charge in [-0.3, -0.25) is 14.5 Å². The molecular weight excluding hydrogens is 538 g/mol. The Balaban J connectivity index is 1.55. The lowest BCUT2D eigenvalue weighted by Gasteiger charge is -2.50. The lowest BCUT2D eigenvalue weighted by atomic mass is 10.0. The third kappa shape index (κ3) is 5.20. The van der Waals surface area contributed by atoms with Crippen molar-refractivity contribution in [2.24, 2.45) is 5.16 Å². The predicted octanol–water partition coefficient (Wildman–Crippen LogP) is -2.82. The van der Waals surface area contributed by atoms with Crippen LogP contribution in [0.1, 0.15) is 12.7 Å². The normalized spacial score (nSPS) is 20.0. The average molecular weight is 564 g/mol. The fourth-order valence-corrected chi connectivity index (χ4v) is 5.63. The molecule has 0 saturated carbocycles. The number of nitrogen functional groups attached to an aromatic ring is 2. The van der Waals surface area contributed by atoms with Crippen LogP contribution < -0.4 is 26.6 Å². The van der Waals surface area contributed by atoms with Crippen molar-refractivity contribution in [2.75, 3.05) is 23.8 Å². The minimum absolute atomic E-state index is 0.0824. The van der Waals surface area contributed by atoms with E-state index in [9.17, 15) is 24.6 Å². The SMILES string of the molecule is C=CC(C)ON=C(C(=O)N[C@@H]1C(=O)N2C(C(=O)[O-])=C(C[n+]3ccc(N)n3CCO)CS[C@H]12)c1nsc(N)n1. The van der Waals surface area contributed by atoms with E-state index in [-0.39, 0.29) is 47.8 Å². The summed E-state index contributed by atoms with van der Waals surface area (Å²) in [4.78, 5) is 48.5. The third-order valence-corrected chi connectivity index (χ3v) is 7.61. The molecule has 2 aliphatic heterocycles. The van der Waals surface area contributed by atoms with E-state index in [2.05, 4.69) is 26.4 Å². The molecular formula is C21H25N9O6S2. The molecule has 2 aliphatic rings. The molecule has 2 aromatic rings. The number of nitrogens with zero attached hydrogens (tertiary/aromatic N) is 6. The summed E-state index contributed by atoms with van der Waals surface area (Å²) in [7, 11) is 0.